The molecule has 0 aliphatic carbocycles. The van der Waals surface area contributed by atoms with Gasteiger partial charge in [0.05, 0.1) is 16.1 Å². The summed E-state index contributed by atoms with van der Waals surface area (Å²) < 4.78 is 38.8. The van der Waals surface area contributed by atoms with Gasteiger partial charge in [0.15, 0.2) is 5.82 Å². The number of hydrogen-bond acceptors (Lipinski definition) is 3. The summed E-state index contributed by atoms with van der Waals surface area (Å²) in [4.78, 5) is -0.415. The minimum atomic E-state index is -3.97. The van der Waals surface area contributed by atoms with Crippen LogP contribution in [0.3, 0.4) is 0 Å². The van der Waals surface area contributed by atoms with Crippen molar-refractivity contribution in [3.05, 3.63) is 28.0 Å². The van der Waals surface area contributed by atoms with Gasteiger partial charge in [-0.3, -0.25) is 0 Å². The zero-order valence-electron chi connectivity index (χ0n) is 8.75. The highest BCUT2D eigenvalue weighted by molar-refractivity contribution is 7.89. The molecule has 1 rings (SSSR count). The van der Waals surface area contributed by atoms with Crippen LogP contribution in [-0.2, 0) is 10.0 Å². The van der Waals surface area contributed by atoms with Gasteiger partial charge in [0.1, 0.15) is 4.90 Å². The van der Waals surface area contributed by atoms with E-state index < -0.39 is 31.9 Å². The van der Waals surface area contributed by atoms with Crippen molar-refractivity contribution in [1.82, 2.24) is 4.72 Å². The Labute approximate surface area is 108 Å². The molecule has 0 amide bonds. The quantitative estimate of drug-likeness (QED) is 0.833. The van der Waals surface area contributed by atoms with E-state index in [0.717, 1.165) is 12.1 Å². The number of rotatable bonds is 4. The third-order valence-electron chi connectivity index (χ3n) is 1.86. The Morgan fingerprint density at radius 3 is 2.59 bits per heavy atom. The number of aliphatic hydroxyl groups excluding tert-OH is 1. The van der Waals surface area contributed by atoms with Crippen molar-refractivity contribution in [2.45, 2.75) is 17.9 Å². The van der Waals surface area contributed by atoms with Crippen LogP contribution in [0.4, 0.5) is 4.39 Å². The van der Waals surface area contributed by atoms with E-state index in [9.17, 15) is 12.8 Å². The number of aliphatic hydroxyl groups is 1. The molecule has 0 spiro atoms. The summed E-state index contributed by atoms with van der Waals surface area (Å²) in [6.45, 7) is 1.22. The van der Waals surface area contributed by atoms with Crippen molar-refractivity contribution in [2.75, 3.05) is 6.54 Å². The van der Waals surface area contributed by atoms with Crippen LogP contribution >= 0.6 is 23.2 Å². The van der Waals surface area contributed by atoms with Crippen LogP contribution in [0.5, 0.6) is 0 Å². The van der Waals surface area contributed by atoms with Gasteiger partial charge in [0, 0.05) is 6.54 Å². The molecule has 1 aromatic rings. The van der Waals surface area contributed by atoms with Gasteiger partial charge < -0.3 is 5.11 Å². The lowest BCUT2D eigenvalue weighted by Crippen LogP contribution is -2.30. The first kappa shape index (κ1) is 14.7. The summed E-state index contributed by atoms with van der Waals surface area (Å²) >= 11 is 11.0. The van der Waals surface area contributed by atoms with Crippen LogP contribution in [-0.4, -0.2) is 26.2 Å². The zero-order valence-corrected chi connectivity index (χ0v) is 11.1. The van der Waals surface area contributed by atoms with E-state index in [4.69, 9.17) is 28.3 Å². The average molecular weight is 302 g/mol. The van der Waals surface area contributed by atoms with Crippen molar-refractivity contribution in [1.29, 1.82) is 0 Å². The van der Waals surface area contributed by atoms with Crippen LogP contribution in [0.25, 0.3) is 0 Å². The second-order valence-electron chi connectivity index (χ2n) is 3.37. The maximum absolute atomic E-state index is 13.3. The molecule has 0 aliphatic heterocycles. The van der Waals surface area contributed by atoms with Gasteiger partial charge in [-0.1, -0.05) is 23.2 Å². The van der Waals surface area contributed by atoms with Crippen LogP contribution in [0.1, 0.15) is 6.92 Å². The van der Waals surface area contributed by atoms with E-state index in [1.54, 1.807) is 0 Å². The summed E-state index contributed by atoms with van der Waals surface area (Å²) in [6.07, 6.45) is -0.860. The Hall–Kier alpha value is -0.400. The van der Waals surface area contributed by atoms with Gasteiger partial charge in [0.2, 0.25) is 10.0 Å². The van der Waals surface area contributed by atoms with Gasteiger partial charge in [0.25, 0.3) is 0 Å². The third-order valence-corrected chi connectivity index (χ3v) is 4.10. The van der Waals surface area contributed by atoms with E-state index in [2.05, 4.69) is 4.72 Å². The SMILES string of the molecule is C[C@H](O)CNS(=O)(=O)c1ccc(Cl)c(F)c1Cl. The molecule has 1 atom stereocenters. The highest BCUT2D eigenvalue weighted by Gasteiger charge is 2.21. The molecule has 8 heteroatoms. The molecule has 0 aromatic heterocycles. The van der Waals surface area contributed by atoms with Gasteiger partial charge in [-0.15, -0.1) is 0 Å². The molecule has 0 saturated heterocycles. The van der Waals surface area contributed by atoms with Crippen molar-refractivity contribution < 1.29 is 17.9 Å². The minimum absolute atomic E-state index is 0.192. The Kier molecular flexibility index (Phi) is 4.74. The van der Waals surface area contributed by atoms with Crippen molar-refractivity contribution in [3.63, 3.8) is 0 Å². The Morgan fingerprint density at radius 1 is 1.47 bits per heavy atom. The van der Waals surface area contributed by atoms with E-state index >= 15 is 0 Å². The lowest BCUT2D eigenvalue weighted by molar-refractivity contribution is 0.198. The number of nitrogens with one attached hydrogen (secondary N) is 1. The standard InChI is InChI=1S/C9H10Cl2FNO3S/c1-5(14)4-13-17(15,16)7-3-2-6(10)9(12)8(7)11/h2-3,5,13-14H,4H2,1H3/t5-/m0/s1. The molecule has 96 valence electrons. The second kappa shape index (κ2) is 5.49. The first-order valence-electron chi connectivity index (χ1n) is 4.57. The first-order chi connectivity index (χ1) is 7.75. The van der Waals surface area contributed by atoms with Gasteiger partial charge in [-0.05, 0) is 19.1 Å². The van der Waals surface area contributed by atoms with Crippen molar-refractivity contribution >= 4 is 33.2 Å². The molecule has 2 N–H and O–H groups in total. The first-order valence-corrected chi connectivity index (χ1v) is 6.81. The van der Waals surface area contributed by atoms with Crippen LogP contribution in [0.2, 0.25) is 10.0 Å². The summed E-state index contributed by atoms with van der Waals surface area (Å²) in [5, 5.41) is 8.14. The van der Waals surface area contributed by atoms with Crippen molar-refractivity contribution in [2.24, 2.45) is 0 Å². The van der Waals surface area contributed by atoms with E-state index in [0.29, 0.717) is 0 Å². The molecule has 0 fully saturated rings. The van der Waals surface area contributed by atoms with Crippen LogP contribution in [0.15, 0.2) is 17.0 Å². The molecule has 0 bridgehead atoms. The largest absolute Gasteiger partial charge is 0.392 e. The topological polar surface area (TPSA) is 66.4 Å². The predicted octanol–water partition coefficient (Wildman–Crippen LogP) is 1.79. The molecule has 0 aliphatic rings. The van der Waals surface area contributed by atoms with E-state index in [1.807, 2.05) is 0 Å². The molecule has 0 radical (unpaired) electrons. The highest BCUT2D eigenvalue weighted by Crippen LogP contribution is 2.29. The molecule has 17 heavy (non-hydrogen) atoms. The maximum atomic E-state index is 13.3. The number of halogens is 3. The molecular formula is C9H10Cl2FNO3S. The second-order valence-corrected chi connectivity index (χ2v) is 5.89. The van der Waals surface area contributed by atoms with Crippen LogP contribution in [0, 0.1) is 5.82 Å². The number of sulfonamides is 1. The number of benzene rings is 1. The van der Waals surface area contributed by atoms with Crippen molar-refractivity contribution in [3.8, 4) is 0 Å². The zero-order chi connectivity index (χ0) is 13.2. The van der Waals surface area contributed by atoms with Gasteiger partial charge >= 0.3 is 0 Å². The molecule has 1 aromatic carbocycles. The molecule has 0 saturated carbocycles. The number of hydrogen-bond donors (Lipinski definition) is 2. The lowest BCUT2D eigenvalue weighted by atomic mass is 10.3. The third kappa shape index (κ3) is 3.53. The molecular weight excluding hydrogens is 292 g/mol. The fraction of sp³-hybridized carbons (Fsp3) is 0.333. The maximum Gasteiger partial charge on any atom is 0.242 e. The summed E-state index contributed by atoms with van der Waals surface area (Å²) in [7, 11) is -3.97. The summed E-state index contributed by atoms with van der Waals surface area (Å²) in [6, 6.07) is 2.19. The normalized spacial score (nSPS) is 13.7. The highest BCUT2D eigenvalue weighted by atomic mass is 35.5. The Bertz CT molecular complexity index is 519. The Balaban J connectivity index is 3.12. The summed E-state index contributed by atoms with van der Waals surface area (Å²) in [5.41, 5.74) is 0. The monoisotopic (exact) mass is 301 g/mol. The van der Waals surface area contributed by atoms with E-state index in [1.165, 1.54) is 6.92 Å². The molecule has 0 unspecified atom stereocenters. The molecule has 0 heterocycles. The predicted molar refractivity (Wildman–Crippen MR) is 63.3 cm³/mol. The fourth-order valence-corrected chi connectivity index (χ4v) is 2.89. The summed E-state index contributed by atoms with van der Waals surface area (Å²) in [5.74, 6) is -0.992. The fourth-order valence-electron chi connectivity index (χ4n) is 1.02. The average Bonchev–Trinajstić information content (AvgIpc) is 2.23. The minimum Gasteiger partial charge on any atom is -0.392 e. The van der Waals surface area contributed by atoms with Gasteiger partial charge in [-0.2, -0.15) is 0 Å². The Morgan fingerprint density at radius 2 is 2.06 bits per heavy atom. The molecule has 4 nitrogen and oxygen atoms in total. The smallest absolute Gasteiger partial charge is 0.242 e. The van der Waals surface area contributed by atoms with E-state index in [-0.39, 0.29) is 11.6 Å². The van der Waals surface area contributed by atoms with Crippen LogP contribution < -0.4 is 4.72 Å². The van der Waals surface area contributed by atoms with Gasteiger partial charge in [-0.25, -0.2) is 17.5 Å². The lowest BCUT2D eigenvalue weighted by Gasteiger charge is -2.10.